The van der Waals surface area contributed by atoms with E-state index in [-0.39, 0.29) is 5.78 Å². The Balaban J connectivity index is 2.73. The van der Waals surface area contributed by atoms with Crippen molar-refractivity contribution in [2.24, 2.45) is 0 Å². The van der Waals surface area contributed by atoms with Gasteiger partial charge in [0.25, 0.3) is 0 Å². The molecular weight excluding hydrogens is 168 g/mol. The van der Waals surface area contributed by atoms with Crippen LogP contribution in [0.25, 0.3) is 0 Å². The van der Waals surface area contributed by atoms with Crippen molar-refractivity contribution in [1.29, 1.82) is 0 Å². The lowest BCUT2D eigenvalue weighted by molar-refractivity contribution is 0.0968. The summed E-state index contributed by atoms with van der Waals surface area (Å²) in [5.74, 6) is 1.06. The molecule has 0 aliphatic heterocycles. The molecule has 4 heteroatoms. The summed E-state index contributed by atoms with van der Waals surface area (Å²) in [6.45, 7) is 0.306. The molecule has 0 unspecified atom stereocenters. The minimum Gasteiger partial charge on any atom is -0.437 e. The molecule has 0 radical (unpaired) electrons. The Morgan fingerprint density at radius 1 is 1.54 bits per heavy atom. The number of hydrogen-bond donors (Lipinski definition) is 1. The smallest absolute Gasteiger partial charge is 0.211 e. The number of anilines is 1. The largest absolute Gasteiger partial charge is 0.437 e. The summed E-state index contributed by atoms with van der Waals surface area (Å²) in [6, 6.07) is 3.47. The third-order valence-electron chi connectivity index (χ3n) is 1.64. The monoisotopic (exact) mass is 182 g/mol. The van der Waals surface area contributed by atoms with Crippen LogP contribution in [0, 0.1) is 0 Å². The predicted molar refractivity (Wildman–Crippen MR) is 51.3 cm³/mol. The first kappa shape index (κ1) is 9.80. The number of furan rings is 1. The van der Waals surface area contributed by atoms with Crippen LogP contribution in [0.1, 0.15) is 10.6 Å². The van der Waals surface area contributed by atoms with E-state index >= 15 is 0 Å². The maximum absolute atomic E-state index is 11.3. The van der Waals surface area contributed by atoms with E-state index in [0.29, 0.717) is 18.2 Å². The highest BCUT2D eigenvalue weighted by molar-refractivity contribution is 5.95. The summed E-state index contributed by atoms with van der Waals surface area (Å²) < 4.78 is 5.30. The molecule has 0 spiro atoms. The Kier molecular flexibility index (Phi) is 3.08. The molecule has 1 heterocycles. The average Bonchev–Trinajstić information content (AvgIpc) is 2.52. The normalized spacial score (nSPS) is 10.1. The number of likely N-dealkylation sites (N-methyl/N-ethyl adjacent to an activating group) is 1. The van der Waals surface area contributed by atoms with Crippen molar-refractivity contribution in [3.63, 3.8) is 0 Å². The van der Waals surface area contributed by atoms with Gasteiger partial charge in [-0.1, -0.05) is 0 Å². The van der Waals surface area contributed by atoms with Crippen molar-refractivity contribution in [3.8, 4) is 0 Å². The fourth-order valence-electron chi connectivity index (χ4n) is 0.966. The van der Waals surface area contributed by atoms with E-state index in [1.54, 1.807) is 19.2 Å². The molecule has 1 aromatic heterocycles. The fraction of sp³-hybridized carbons (Fsp3) is 0.444. The van der Waals surface area contributed by atoms with Crippen LogP contribution in [-0.2, 0) is 0 Å². The second kappa shape index (κ2) is 4.09. The quantitative estimate of drug-likeness (QED) is 0.698. The molecule has 0 amide bonds. The summed E-state index contributed by atoms with van der Waals surface area (Å²) in [5, 5.41) is 2.78. The number of carbonyl (C=O) groups is 1. The molecule has 13 heavy (non-hydrogen) atoms. The molecule has 1 aromatic rings. The van der Waals surface area contributed by atoms with Gasteiger partial charge in [0.2, 0.25) is 5.78 Å². The minimum atomic E-state index is -0.0319. The molecular formula is C9H14N2O2. The Morgan fingerprint density at radius 3 is 2.69 bits per heavy atom. The van der Waals surface area contributed by atoms with Gasteiger partial charge in [0.05, 0.1) is 6.54 Å². The molecule has 4 nitrogen and oxygen atoms in total. The van der Waals surface area contributed by atoms with Crippen molar-refractivity contribution >= 4 is 11.7 Å². The Labute approximate surface area is 77.5 Å². The summed E-state index contributed by atoms with van der Waals surface area (Å²) in [6.07, 6.45) is 0. The van der Waals surface area contributed by atoms with Crippen molar-refractivity contribution in [3.05, 3.63) is 17.9 Å². The third kappa shape index (κ3) is 2.32. The summed E-state index contributed by atoms with van der Waals surface area (Å²) in [7, 11) is 5.46. The molecule has 0 aromatic carbocycles. The minimum absolute atomic E-state index is 0.0319. The van der Waals surface area contributed by atoms with Gasteiger partial charge in [-0.3, -0.25) is 4.79 Å². The van der Waals surface area contributed by atoms with E-state index in [0.717, 1.165) is 0 Å². The maximum Gasteiger partial charge on any atom is 0.211 e. The van der Waals surface area contributed by atoms with E-state index < -0.39 is 0 Å². The lowest BCUT2D eigenvalue weighted by atomic mass is 10.3. The average molecular weight is 182 g/mol. The summed E-state index contributed by atoms with van der Waals surface area (Å²) in [5.41, 5.74) is 0. The number of rotatable bonds is 4. The van der Waals surface area contributed by atoms with Crippen LogP contribution < -0.4 is 10.2 Å². The Bertz CT molecular complexity index is 292. The van der Waals surface area contributed by atoms with E-state index in [2.05, 4.69) is 5.32 Å². The van der Waals surface area contributed by atoms with Crippen LogP contribution in [0.2, 0.25) is 0 Å². The molecule has 0 aliphatic rings. The van der Waals surface area contributed by atoms with Gasteiger partial charge >= 0.3 is 0 Å². The summed E-state index contributed by atoms with van der Waals surface area (Å²) in [4.78, 5) is 13.1. The van der Waals surface area contributed by atoms with Gasteiger partial charge in [0.1, 0.15) is 0 Å². The predicted octanol–water partition coefficient (Wildman–Crippen LogP) is 0.748. The molecule has 0 aliphatic carbocycles. The molecule has 0 fully saturated rings. The van der Waals surface area contributed by atoms with E-state index in [4.69, 9.17) is 4.42 Å². The van der Waals surface area contributed by atoms with Crippen molar-refractivity contribution < 1.29 is 9.21 Å². The first-order valence-corrected chi connectivity index (χ1v) is 4.10. The van der Waals surface area contributed by atoms with Gasteiger partial charge in [-0.15, -0.1) is 0 Å². The van der Waals surface area contributed by atoms with Crippen LogP contribution in [0.5, 0.6) is 0 Å². The number of Topliss-reactive ketones (excluding diaryl/α,β-unsaturated/α-hetero) is 1. The zero-order chi connectivity index (χ0) is 9.84. The number of ketones is 1. The van der Waals surface area contributed by atoms with Crippen molar-refractivity contribution in [2.45, 2.75) is 0 Å². The zero-order valence-corrected chi connectivity index (χ0v) is 8.13. The molecule has 1 rings (SSSR count). The number of carbonyl (C=O) groups excluding carboxylic acids is 1. The lowest BCUT2D eigenvalue weighted by Gasteiger charge is -2.06. The van der Waals surface area contributed by atoms with E-state index in [9.17, 15) is 4.79 Å². The molecule has 0 saturated carbocycles. The third-order valence-corrected chi connectivity index (χ3v) is 1.64. The van der Waals surface area contributed by atoms with Crippen LogP contribution in [0.15, 0.2) is 16.5 Å². The highest BCUT2D eigenvalue weighted by atomic mass is 16.4. The molecule has 0 bridgehead atoms. The maximum atomic E-state index is 11.3. The zero-order valence-electron chi connectivity index (χ0n) is 8.13. The van der Waals surface area contributed by atoms with Crippen molar-refractivity contribution in [1.82, 2.24) is 5.32 Å². The van der Waals surface area contributed by atoms with Crippen LogP contribution in [-0.4, -0.2) is 33.5 Å². The Morgan fingerprint density at radius 2 is 2.23 bits per heavy atom. The van der Waals surface area contributed by atoms with Crippen LogP contribution in [0.3, 0.4) is 0 Å². The molecule has 1 N–H and O–H groups in total. The molecule has 0 saturated heterocycles. The van der Waals surface area contributed by atoms with Gasteiger partial charge < -0.3 is 14.6 Å². The Hall–Kier alpha value is -1.29. The van der Waals surface area contributed by atoms with E-state index in [1.165, 1.54) is 0 Å². The first-order valence-electron chi connectivity index (χ1n) is 4.10. The SMILES string of the molecule is CNCC(=O)c1ccc(N(C)C)o1. The van der Waals surface area contributed by atoms with E-state index in [1.807, 2.05) is 19.0 Å². The van der Waals surface area contributed by atoms with Gasteiger partial charge in [-0.25, -0.2) is 0 Å². The van der Waals surface area contributed by atoms with Crippen LogP contribution in [0.4, 0.5) is 5.88 Å². The molecule has 0 atom stereocenters. The van der Waals surface area contributed by atoms with Gasteiger partial charge in [0.15, 0.2) is 11.6 Å². The number of nitrogens with zero attached hydrogens (tertiary/aromatic N) is 1. The van der Waals surface area contributed by atoms with Crippen LogP contribution >= 0.6 is 0 Å². The van der Waals surface area contributed by atoms with Crippen molar-refractivity contribution in [2.75, 3.05) is 32.6 Å². The van der Waals surface area contributed by atoms with Gasteiger partial charge in [-0.2, -0.15) is 0 Å². The highest BCUT2D eigenvalue weighted by Gasteiger charge is 2.10. The second-order valence-corrected chi connectivity index (χ2v) is 2.99. The number of nitrogens with one attached hydrogen (secondary N) is 1. The number of hydrogen-bond acceptors (Lipinski definition) is 4. The molecule has 72 valence electrons. The van der Waals surface area contributed by atoms with Gasteiger partial charge in [-0.05, 0) is 13.1 Å². The lowest BCUT2D eigenvalue weighted by Crippen LogP contribution is -2.18. The highest BCUT2D eigenvalue weighted by Crippen LogP contribution is 2.15. The first-order chi connectivity index (χ1) is 6.15. The summed E-state index contributed by atoms with van der Waals surface area (Å²) >= 11 is 0. The second-order valence-electron chi connectivity index (χ2n) is 2.99. The standard InChI is InChI=1S/C9H14N2O2/c1-10-6-7(12)8-4-5-9(13-8)11(2)3/h4-5,10H,6H2,1-3H3. The fourth-order valence-corrected chi connectivity index (χ4v) is 0.966. The van der Waals surface area contributed by atoms with Gasteiger partial charge in [0, 0.05) is 20.2 Å². The topological polar surface area (TPSA) is 45.5 Å².